The number of furan rings is 1. The third-order valence-electron chi connectivity index (χ3n) is 4.10. The molecule has 0 spiro atoms. The molecular weight excluding hydrogens is 280 g/mol. The second-order valence-corrected chi connectivity index (χ2v) is 6.72. The van der Waals surface area contributed by atoms with Crippen molar-refractivity contribution in [3.8, 4) is 11.1 Å². The Morgan fingerprint density at radius 3 is 2.17 bits per heavy atom. The summed E-state index contributed by atoms with van der Waals surface area (Å²) < 4.78 is 46.7. The average molecular weight is 305 g/mol. The van der Waals surface area contributed by atoms with Gasteiger partial charge >= 0.3 is 0 Å². The number of hydrogen-bond acceptors (Lipinski definition) is 1. The summed E-state index contributed by atoms with van der Waals surface area (Å²) in [4.78, 5) is 0. The summed E-state index contributed by atoms with van der Waals surface area (Å²) in [6, 6.07) is 9.99. The van der Waals surface area contributed by atoms with E-state index in [1.54, 1.807) is 6.07 Å². The molecular formula is C22H20O. The summed E-state index contributed by atoms with van der Waals surface area (Å²) in [5.41, 5.74) is 2.91. The Bertz CT molecular complexity index is 1220. The molecule has 0 unspecified atom stereocenters. The van der Waals surface area contributed by atoms with Crippen LogP contribution in [-0.4, -0.2) is 0 Å². The summed E-state index contributed by atoms with van der Waals surface area (Å²) in [7, 11) is 0. The lowest BCUT2D eigenvalue weighted by Crippen LogP contribution is -2.10. The highest BCUT2D eigenvalue weighted by atomic mass is 16.3. The Morgan fingerprint density at radius 2 is 1.48 bits per heavy atom. The topological polar surface area (TPSA) is 13.1 Å². The van der Waals surface area contributed by atoms with Crippen molar-refractivity contribution in [2.45, 2.75) is 26.2 Å². The van der Waals surface area contributed by atoms with Crippen LogP contribution in [0, 0.1) is 0 Å². The highest BCUT2D eigenvalue weighted by Gasteiger charge is 2.21. The van der Waals surface area contributed by atoms with E-state index in [0.29, 0.717) is 11.1 Å². The smallest absolute Gasteiger partial charge is 0.143 e. The molecule has 1 heteroatoms. The van der Waals surface area contributed by atoms with Crippen molar-refractivity contribution in [2.75, 3.05) is 0 Å². The Kier molecular flexibility index (Phi) is 2.07. The normalized spacial score (nSPS) is 15.2. The maximum absolute atomic E-state index is 8.31. The van der Waals surface area contributed by atoms with Gasteiger partial charge in [0.05, 0.1) is 6.85 Å². The molecule has 0 N–H and O–H groups in total. The Labute approximate surface area is 143 Å². The van der Waals surface area contributed by atoms with Gasteiger partial charge in [0.15, 0.2) is 0 Å². The van der Waals surface area contributed by atoms with Gasteiger partial charge in [-0.3, -0.25) is 0 Å². The van der Waals surface area contributed by atoms with Crippen molar-refractivity contribution >= 4 is 21.9 Å². The van der Waals surface area contributed by atoms with Gasteiger partial charge < -0.3 is 4.42 Å². The molecule has 0 aliphatic rings. The quantitative estimate of drug-likeness (QED) is 0.388. The maximum atomic E-state index is 8.31. The Hall–Kier alpha value is -2.54. The van der Waals surface area contributed by atoms with Gasteiger partial charge in [-0.25, -0.2) is 0 Å². The Balaban J connectivity index is 2.15. The molecule has 0 aliphatic heterocycles. The first-order valence-electron chi connectivity index (χ1n) is 10.1. The van der Waals surface area contributed by atoms with Crippen LogP contribution >= 0.6 is 0 Å². The number of para-hydroxylation sites is 2. The lowest BCUT2D eigenvalue weighted by molar-refractivity contribution is 0.573. The summed E-state index contributed by atoms with van der Waals surface area (Å²) >= 11 is 0. The van der Waals surface area contributed by atoms with Gasteiger partial charge in [0.1, 0.15) is 11.2 Å². The third kappa shape index (κ3) is 2.24. The zero-order chi connectivity index (χ0) is 20.4. The predicted molar refractivity (Wildman–Crippen MR) is 97.9 cm³/mol. The fourth-order valence-electron chi connectivity index (χ4n) is 2.99. The van der Waals surface area contributed by atoms with E-state index in [1.807, 2.05) is 30.3 Å². The van der Waals surface area contributed by atoms with Crippen LogP contribution in [0.2, 0.25) is 0 Å². The summed E-state index contributed by atoms with van der Waals surface area (Å²) in [6.45, 7) is 6.35. The average Bonchev–Trinajstić information content (AvgIpc) is 3.03. The largest absolute Gasteiger partial charge is 0.455 e. The zero-order valence-electron chi connectivity index (χ0n) is 18.4. The van der Waals surface area contributed by atoms with Gasteiger partial charge in [-0.05, 0) is 11.0 Å². The van der Waals surface area contributed by atoms with E-state index in [2.05, 4.69) is 20.8 Å². The highest BCUT2D eigenvalue weighted by Crippen LogP contribution is 2.39. The molecule has 0 saturated heterocycles. The monoisotopic (exact) mass is 305 g/mol. The fourth-order valence-corrected chi connectivity index (χ4v) is 2.99. The molecule has 1 nitrogen and oxygen atoms in total. The number of fused-ring (bicyclic) bond motifs is 3. The molecule has 1 heterocycles. The van der Waals surface area contributed by atoms with Gasteiger partial charge in [0.25, 0.3) is 0 Å². The van der Waals surface area contributed by atoms with Gasteiger partial charge in [0, 0.05) is 21.9 Å². The predicted octanol–water partition coefficient (Wildman–Crippen LogP) is 6.55. The third-order valence-corrected chi connectivity index (χ3v) is 4.10. The second-order valence-electron chi connectivity index (χ2n) is 6.72. The van der Waals surface area contributed by atoms with Crippen molar-refractivity contribution in [3.63, 3.8) is 0 Å². The van der Waals surface area contributed by atoms with Crippen molar-refractivity contribution < 1.29 is 11.3 Å². The van der Waals surface area contributed by atoms with E-state index in [0.717, 1.165) is 21.9 Å². The fraction of sp³-hybridized carbons (Fsp3) is 0.182. The molecule has 0 radical (unpaired) electrons. The molecule has 1 aromatic heterocycles. The molecule has 23 heavy (non-hydrogen) atoms. The second kappa shape index (κ2) is 4.99. The number of hydrogen-bond donors (Lipinski definition) is 0. The van der Waals surface area contributed by atoms with Crippen molar-refractivity contribution in [1.29, 1.82) is 0 Å². The molecule has 4 rings (SSSR count). The van der Waals surface area contributed by atoms with Crippen LogP contribution in [0.3, 0.4) is 0 Å². The van der Waals surface area contributed by atoms with Crippen LogP contribution < -0.4 is 0 Å². The van der Waals surface area contributed by atoms with Crippen LogP contribution in [0.25, 0.3) is 33.1 Å². The molecule has 0 saturated carbocycles. The van der Waals surface area contributed by atoms with Gasteiger partial charge in [-0.15, -0.1) is 0 Å². The Morgan fingerprint density at radius 1 is 0.826 bits per heavy atom. The molecule has 3 aromatic carbocycles. The van der Waals surface area contributed by atoms with Crippen LogP contribution in [-0.2, 0) is 5.41 Å². The van der Waals surface area contributed by atoms with E-state index in [-0.39, 0.29) is 35.1 Å². The van der Waals surface area contributed by atoms with Crippen molar-refractivity contribution in [1.82, 2.24) is 0 Å². The first-order chi connectivity index (χ1) is 13.1. The zero-order valence-corrected chi connectivity index (χ0v) is 13.4. The molecule has 114 valence electrons. The standard InChI is InChI=1S/C22H20O/c1-22(2,3)19-14-8-13-18-17-12-7-11-16(20(17)23-21(18)19)15-9-5-4-6-10-15/h4-14H,1-3H3/i4D,5D,6D,9D,10D. The van der Waals surface area contributed by atoms with Crippen LogP contribution in [0.1, 0.15) is 33.2 Å². The summed E-state index contributed by atoms with van der Waals surface area (Å²) in [5, 5.41) is 1.82. The first kappa shape index (κ1) is 9.57. The molecule has 0 atom stereocenters. The lowest BCUT2D eigenvalue weighted by Gasteiger charge is -2.18. The minimum absolute atomic E-state index is 0.121. The van der Waals surface area contributed by atoms with Gasteiger partial charge in [-0.1, -0.05) is 87.4 Å². The maximum Gasteiger partial charge on any atom is 0.143 e. The minimum Gasteiger partial charge on any atom is -0.455 e. The van der Waals surface area contributed by atoms with Crippen LogP contribution in [0.15, 0.2) is 71.0 Å². The molecule has 0 aliphatic carbocycles. The van der Waals surface area contributed by atoms with Gasteiger partial charge in [0.2, 0.25) is 0 Å². The summed E-state index contributed by atoms with van der Waals surface area (Å²) in [6.07, 6.45) is 0. The molecule has 0 bridgehead atoms. The minimum atomic E-state index is -0.398. The van der Waals surface area contributed by atoms with E-state index < -0.39 is 6.04 Å². The van der Waals surface area contributed by atoms with E-state index in [4.69, 9.17) is 11.3 Å². The van der Waals surface area contributed by atoms with Crippen LogP contribution in [0.4, 0.5) is 0 Å². The lowest BCUT2D eigenvalue weighted by atomic mass is 9.86. The van der Waals surface area contributed by atoms with E-state index >= 15 is 0 Å². The van der Waals surface area contributed by atoms with Crippen molar-refractivity contribution in [2.24, 2.45) is 0 Å². The van der Waals surface area contributed by atoms with Crippen LogP contribution in [0.5, 0.6) is 0 Å². The number of rotatable bonds is 1. The SMILES string of the molecule is [2H]c1c([2H])c([2H])c(-c2cccc3c2oc2c(C(C)(C)C)cccc23)c([2H])c1[2H]. The first-order valence-corrected chi connectivity index (χ1v) is 7.65. The highest BCUT2D eigenvalue weighted by molar-refractivity contribution is 6.10. The molecule has 0 amide bonds. The molecule has 0 fully saturated rings. The number of benzene rings is 3. The summed E-state index contributed by atoms with van der Waals surface area (Å²) in [5.74, 6) is 0. The van der Waals surface area contributed by atoms with E-state index in [9.17, 15) is 0 Å². The molecule has 4 aromatic rings. The van der Waals surface area contributed by atoms with Gasteiger partial charge in [-0.2, -0.15) is 0 Å². The van der Waals surface area contributed by atoms with Crippen molar-refractivity contribution in [3.05, 3.63) is 72.2 Å². The van der Waals surface area contributed by atoms with E-state index in [1.165, 1.54) is 0 Å².